The van der Waals surface area contributed by atoms with E-state index in [0.29, 0.717) is 5.92 Å². The molecule has 0 saturated carbocycles. The predicted molar refractivity (Wildman–Crippen MR) is 60.2 cm³/mol. The van der Waals surface area contributed by atoms with Crippen molar-refractivity contribution in [1.29, 1.82) is 0 Å². The molecular weight excluding hydrogens is 203 g/mol. The van der Waals surface area contributed by atoms with Gasteiger partial charge in [-0.15, -0.1) is 0 Å². The van der Waals surface area contributed by atoms with Crippen LogP contribution in [-0.4, -0.2) is 18.5 Å². The van der Waals surface area contributed by atoms with Gasteiger partial charge in [0, 0.05) is 23.5 Å². The van der Waals surface area contributed by atoms with E-state index in [1.807, 2.05) is 6.08 Å². The lowest BCUT2D eigenvalue weighted by atomic mass is 10.2. The lowest BCUT2D eigenvalue weighted by Gasteiger charge is -2.25. The van der Waals surface area contributed by atoms with Crippen molar-refractivity contribution in [2.75, 3.05) is 18.5 Å². The summed E-state index contributed by atoms with van der Waals surface area (Å²) < 4.78 is 12.2. The van der Waals surface area contributed by atoms with Crippen LogP contribution in [0.4, 0.5) is 0 Å². The molecular formula is C10H18ClOP. The maximum Gasteiger partial charge on any atom is 0.0920 e. The molecule has 1 unspecified atom stereocenters. The van der Waals surface area contributed by atoms with E-state index in [1.165, 1.54) is 0 Å². The number of hydrogen-bond acceptors (Lipinski definition) is 1. The largest absolute Gasteiger partial charge is 0.323 e. The summed E-state index contributed by atoms with van der Waals surface area (Å²) in [5.41, 5.74) is 0. The molecule has 1 heterocycles. The Balaban J connectivity index is 2.59. The second kappa shape index (κ2) is 4.66. The highest BCUT2D eigenvalue weighted by molar-refractivity contribution is 7.64. The van der Waals surface area contributed by atoms with E-state index < -0.39 is 7.14 Å². The third-order valence-corrected chi connectivity index (χ3v) is 6.33. The summed E-state index contributed by atoms with van der Waals surface area (Å²) in [5, 5.41) is 0.906. The molecule has 0 saturated heterocycles. The zero-order valence-electron chi connectivity index (χ0n) is 8.42. The molecule has 13 heavy (non-hydrogen) atoms. The number of unbranched alkanes of at least 4 members (excludes halogenated alkanes) is 1. The van der Waals surface area contributed by atoms with Gasteiger partial charge >= 0.3 is 0 Å². The number of hydrogen-bond donors (Lipinski definition) is 0. The Bertz CT molecular complexity index is 247. The monoisotopic (exact) mass is 220 g/mol. The van der Waals surface area contributed by atoms with Gasteiger partial charge in [-0.3, -0.25) is 0 Å². The molecule has 0 radical (unpaired) electrons. The molecule has 1 rings (SSSR count). The first-order valence-electron chi connectivity index (χ1n) is 5.00. The van der Waals surface area contributed by atoms with Gasteiger partial charge in [0.15, 0.2) is 0 Å². The van der Waals surface area contributed by atoms with Crippen molar-refractivity contribution in [3.63, 3.8) is 0 Å². The fourth-order valence-electron chi connectivity index (χ4n) is 1.74. The maximum atomic E-state index is 12.2. The van der Waals surface area contributed by atoms with Gasteiger partial charge in [0.05, 0.1) is 7.14 Å². The third kappa shape index (κ3) is 3.14. The topological polar surface area (TPSA) is 17.1 Å². The molecule has 0 aromatic heterocycles. The Labute approximate surface area is 85.9 Å². The van der Waals surface area contributed by atoms with Gasteiger partial charge in [-0.1, -0.05) is 37.9 Å². The van der Waals surface area contributed by atoms with E-state index in [9.17, 15) is 4.57 Å². The highest BCUT2D eigenvalue weighted by atomic mass is 35.5. The van der Waals surface area contributed by atoms with Gasteiger partial charge in [0.1, 0.15) is 0 Å². The summed E-state index contributed by atoms with van der Waals surface area (Å²) in [6.07, 6.45) is 6.66. The Morgan fingerprint density at radius 3 is 2.92 bits per heavy atom. The van der Waals surface area contributed by atoms with Crippen molar-refractivity contribution in [2.24, 2.45) is 5.92 Å². The molecule has 0 aromatic carbocycles. The normalized spacial score (nSPS) is 34.4. The van der Waals surface area contributed by atoms with Crippen LogP contribution < -0.4 is 0 Å². The Morgan fingerprint density at radius 2 is 2.38 bits per heavy atom. The Hall–Kier alpha value is 0.260. The van der Waals surface area contributed by atoms with Crippen LogP contribution in [0.15, 0.2) is 11.1 Å². The molecule has 0 fully saturated rings. The molecule has 1 aliphatic heterocycles. The van der Waals surface area contributed by atoms with Gasteiger partial charge in [-0.05, 0) is 12.3 Å². The van der Waals surface area contributed by atoms with Crippen LogP contribution >= 0.6 is 18.7 Å². The Kier molecular flexibility index (Phi) is 4.06. The van der Waals surface area contributed by atoms with E-state index in [0.717, 1.165) is 36.4 Å². The van der Waals surface area contributed by atoms with Crippen molar-refractivity contribution in [2.45, 2.75) is 26.7 Å². The van der Waals surface area contributed by atoms with E-state index in [1.54, 1.807) is 0 Å². The molecule has 0 amide bonds. The smallest absolute Gasteiger partial charge is 0.0920 e. The average molecular weight is 221 g/mol. The van der Waals surface area contributed by atoms with Crippen LogP contribution in [-0.2, 0) is 4.57 Å². The predicted octanol–water partition coefficient (Wildman–Crippen LogP) is 3.92. The lowest BCUT2D eigenvalue weighted by molar-refractivity contribution is 0.566. The van der Waals surface area contributed by atoms with Crippen molar-refractivity contribution in [3.05, 3.63) is 11.1 Å². The van der Waals surface area contributed by atoms with Crippen LogP contribution in [0, 0.1) is 5.92 Å². The zero-order chi connectivity index (χ0) is 9.90. The number of halogens is 1. The minimum atomic E-state index is -1.88. The molecule has 0 aromatic rings. The van der Waals surface area contributed by atoms with Crippen LogP contribution in [0.2, 0.25) is 0 Å². The molecule has 3 heteroatoms. The molecule has 0 N–H and O–H groups in total. The molecule has 0 bridgehead atoms. The molecule has 1 nitrogen and oxygen atoms in total. The highest BCUT2D eigenvalue weighted by Crippen LogP contribution is 2.52. The average Bonchev–Trinajstić information content (AvgIpc) is 2.09. The van der Waals surface area contributed by atoms with Crippen LogP contribution in [0.1, 0.15) is 26.7 Å². The minimum Gasteiger partial charge on any atom is -0.323 e. The summed E-state index contributed by atoms with van der Waals surface area (Å²) in [7, 11) is -1.88. The number of rotatable bonds is 3. The van der Waals surface area contributed by atoms with Crippen LogP contribution in [0.5, 0.6) is 0 Å². The molecule has 2 atom stereocenters. The van der Waals surface area contributed by atoms with Crippen molar-refractivity contribution >= 4 is 18.7 Å². The van der Waals surface area contributed by atoms with Gasteiger partial charge in [-0.25, -0.2) is 0 Å². The second-order valence-electron chi connectivity index (χ2n) is 3.99. The highest BCUT2D eigenvalue weighted by Gasteiger charge is 2.28. The summed E-state index contributed by atoms with van der Waals surface area (Å²) in [4.78, 5) is 0. The van der Waals surface area contributed by atoms with Gasteiger partial charge in [0.25, 0.3) is 0 Å². The van der Waals surface area contributed by atoms with E-state index in [4.69, 9.17) is 11.6 Å². The first kappa shape index (κ1) is 11.3. The van der Waals surface area contributed by atoms with Gasteiger partial charge in [-0.2, -0.15) is 0 Å². The second-order valence-corrected chi connectivity index (χ2v) is 7.72. The van der Waals surface area contributed by atoms with Crippen molar-refractivity contribution in [1.82, 2.24) is 0 Å². The first-order chi connectivity index (χ1) is 6.07. The lowest BCUT2D eigenvalue weighted by Crippen LogP contribution is -2.12. The molecule has 0 aliphatic carbocycles. The van der Waals surface area contributed by atoms with Crippen molar-refractivity contribution in [3.8, 4) is 0 Å². The fourth-order valence-corrected chi connectivity index (χ4v) is 5.25. The number of allylic oxidation sites excluding steroid dienone is 2. The van der Waals surface area contributed by atoms with Gasteiger partial charge < -0.3 is 4.57 Å². The van der Waals surface area contributed by atoms with E-state index >= 15 is 0 Å². The summed E-state index contributed by atoms with van der Waals surface area (Å²) in [5.74, 6) is 0.318. The van der Waals surface area contributed by atoms with Crippen LogP contribution in [0.3, 0.4) is 0 Å². The summed E-state index contributed by atoms with van der Waals surface area (Å²) >= 11 is 5.97. The summed E-state index contributed by atoms with van der Waals surface area (Å²) in [6.45, 7) is 4.21. The van der Waals surface area contributed by atoms with E-state index in [2.05, 4.69) is 13.8 Å². The first-order valence-corrected chi connectivity index (χ1v) is 7.64. The molecule has 76 valence electrons. The van der Waals surface area contributed by atoms with Crippen LogP contribution in [0.25, 0.3) is 0 Å². The Morgan fingerprint density at radius 1 is 1.69 bits per heavy atom. The third-order valence-electron chi connectivity index (χ3n) is 2.62. The maximum absolute atomic E-state index is 12.2. The molecule has 0 spiro atoms. The minimum absolute atomic E-state index is 0.318. The fraction of sp³-hybridized carbons (Fsp3) is 0.800. The molecule has 1 aliphatic rings. The zero-order valence-corrected chi connectivity index (χ0v) is 10.1. The van der Waals surface area contributed by atoms with E-state index in [-0.39, 0.29) is 0 Å². The quantitative estimate of drug-likeness (QED) is 0.659. The standard InChI is InChI=1S/C10H18ClOP/c1-3-4-6-13(12)7-5-10(11)9(2)8-13/h5,9H,3-4,6-8H2,1-2H3/t9-,13?/m1/s1. The van der Waals surface area contributed by atoms with Gasteiger partial charge in [0.2, 0.25) is 0 Å². The summed E-state index contributed by atoms with van der Waals surface area (Å²) in [6, 6.07) is 0. The van der Waals surface area contributed by atoms with Crippen molar-refractivity contribution < 1.29 is 4.57 Å². The SMILES string of the molecule is CCCCP1(=O)CC=C(Cl)[C@H](C)C1.